The number of hydrogen-bond acceptors (Lipinski definition) is 3. The van der Waals surface area contributed by atoms with Gasteiger partial charge in [0.05, 0.1) is 6.54 Å². The summed E-state index contributed by atoms with van der Waals surface area (Å²) in [6.07, 6.45) is 7.76. The zero-order valence-corrected chi connectivity index (χ0v) is 12.6. The molecule has 2 amide bonds. The molecule has 1 aliphatic carbocycles. The molecule has 3 aliphatic heterocycles. The number of nitrogens with one attached hydrogen (secondary N) is 1. The van der Waals surface area contributed by atoms with E-state index in [1.807, 2.05) is 4.90 Å². The zero-order chi connectivity index (χ0) is 14.4. The van der Waals surface area contributed by atoms with Crippen LogP contribution in [0, 0.1) is 5.92 Å². The van der Waals surface area contributed by atoms with Crippen molar-refractivity contribution in [3.63, 3.8) is 0 Å². The predicted molar refractivity (Wildman–Crippen MR) is 78.6 cm³/mol. The molecule has 0 aromatic rings. The Hall–Kier alpha value is -1.10. The van der Waals surface area contributed by atoms with Crippen LogP contribution in [-0.4, -0.2) is 59.4 Å². The first-order valence-corrected chi connectivity index (χ1v) is 8.52. The maximum Gasteiger partial charge on any atom is 0.242 e. The van der Waals surface area contributed by atoms with Crippen molar-refractivity contribution >= 4 is 11.8 Å². The Morgan fingerprint density at radius 2 is 1.81 bits per heavy atom. The van der Waals surface area contributed by atoms with Crippen molar-refractivity contribution in [2.45, 2.75) is 63.1 Å². The van der Waals surface area contributed by atoms with Crippen LogP contribution < -0.4 is 5.32 Å². The molecule has 0 aromatic carbocycles. The van der Waals surface area contributed by atoms with Crippen molar-refractivity contribution in [2.75, 3.05) is 19.6 Å². The van der Waals surface area contributed by atoms with Crippen LogP contribution >= 0.6 is 0 Å². The molecule has 3 saturated heterocycles. The summed E-state index contributed by atoms with van der Waals surface area (Å²) < 4.78 is 0. The predicted octanol–water partition coefficient (Wildman–Crippen LogP) is 0.740. The first-order chi connectivity index (χ1) is 10.2. The van der Waals surface area contributed by atoms with E-state index in [1.165, 1.54) is 12.8 Å². The monoisotopic (exact) mass is 291 g/mol. The van der Waals surface area contributed by atoms with E-state index in [4.69, 9.17) is 0 Å². The summed E-state index contributed by atoms with van der Waals surface area (Å²) in [6.45, 7) is 1.79. The molecule has 5 heteroatoms. The average molecular weight is 291 g/mol. The first-order valence-electron chi connectivity index (χ1n) is 8.52. The average Bonchev–Trinajstić information content (AvgIpc) is 3.24. The highest BCUT2D eigenvalue weighted by Crippen LogP contribution is 2.33. The third kappa shape index (κ3) is 2.80. The fourth-order valence-electron chi connectivity index (χ4n) is 4.39. The standard InChI is InChI=1S/C16H25N3O2/c20-15(9-11-7-12-1-2-13(8-11)17-12)18-5-6-19(14-3-4-14)16(21)10-18/h11-14,17H,1-10H2. The molecular weight excluding hydrogens is 266 g/mol. The van der Waals surface area contributed by atoms with Crippen LogP contribution in [0.5, 0.6) is 0 Å². The number of amides is 2. The first kappa shape index (κ1) is 13.6. The van der Waals surface area contributed by atoms with Gasteiger partial charge in [-0.2, -0.15) is 0 Å². The molecule has 0 aromatic heterocycles. The Bertz CT molecular complexity index is 437. The van der Waals surface area contributed by atoms with Gasteiger partial charge in [-0.1, -0.05) is 0 Å². The maximum absolute atomic E-state index is 12.5. The number of rotatable bonds is 3. The molecule has 21 heavy (non-hydrogen) atoms. The molecule has 0 radical (unpaired) electrons. The van der Waals surface area contributed by atoms with E-state index in [0.29, 0.717) is 37.0 Å². The lowest BCUT2D eigenvalue weighted by molar-refractivity contribution is -0.146. The molecule has 2 bridgehead atoms. The van der Waals surface area contributed by atoms with Crippen molar-refractivity contribution in [1.82, 2.24) is 15.1 Å². The summed E-state index contributed by atoms with van der Waals surface area (Å²) in [5, 5.41) is 3.62. The van der Waals surface area contributed by atoms with E-state index in [2.05, 4.69) is 5.32 Å². The van der Waals surface area contributed by atoms with Crippen molar-refractivity contribution in [3.05, 3.63) is 0 Å². The minimum absolute atomic E-state index is 0.155. The Labute approximate surface area is 126 Å². The molecule has 4 rings (SSSR count). The molecular formula is C16H25N3O2. The smallest absolute Gasteiger partial charge is 0.242 e. The van der Waals surface area contributed by atoms with Gasteiger partial charge in [-0.05, 0) is 44.4 Å². The molecule has 2 unspecified atom stereocenters. The number of nitrogens with zero attached hydrogens (tertiary/aromatic N) is 2. The van der Waals surface area contributed by atoms with Gasteiger partial charge in [0, 0.05) is 37.6 Å². The second-order valence-corrected chi connectivity index (χ2v) is 7.31. The van der Waals surface area contributed by atoms with Gasteiger partial charge in [0.1, 0.15) is 0 Å². The van der Waals surface area contributed by atoms with Gasteiger partial charge in [0.25, 0.3) is 0 Å². The lowest BCUT2D eigenvalue weighted by Gasteiger charge is -2.36. The lowest BCUT2D eigenvalue weighted by Crippen LogP contribution is -2.53. The van der Waals surface area contributed by atoms with Crippen LogP contribution in [0.1, 0.15) is 44.9 Å². The van der Waals surface area contributed by atoms with Gasteiger partial charge in [0.15, 0.2) is 0 Å². The highest BCUT2D eigenvalue weighted by atomic mass is 16.2. The number of piperazine rings is 1. The summed E-state index contributed by atoms with van der Waals surface area (Å²) in [5.74, 6) is 0.875. The molecule has 4 fully saturated rings. The minimum atomic E-state index is 0.155. The molecule has 4 aliphatic rings. The molecule has 5 nitrogen and oxygen atoms in total. The Morgan fingerprint density at radius 1 is 1.10 bits per heavy atom. The minimum Gasteiger partial charge on any atom is -0.336 e. The maximum atomic E-state index is 12.5. The van der Waals surface area contributed by atoms with Crippen molar-refractivity contribution in [1.29, 1.82) is 0 Å². The Morgan fingerprint density at radius 3 is 2.43 bits per heavy atom. The van der Waals surface area contributed by atoms with Crippen LogP contribution in [0.15, 0.2) is 0 Å². The lowest BCUT2D eigenvalue weighted by atomic mass is 9.89. The highest BCUT2D eigenvalue weighted by molar-refractivity contribution is 5.86. The van der Waals surface area contributed by atoms with E-state index >= 15 is 0 Å². The number of hydrogen-bond donors (Lipinski definition) is 1. The van der Waals surface area contributed by atoms with Gasteiger partial charge in [0.2, 0.25) is 11.8 Å². The van der Waals surface area contributed by atoms with Crippen LogP contribution in [0.2, 0.25) is 0 Å². The summed E-state index contributed by atoms with van der Waals surface area (Å²) >= 11 is 0. The van der Waals surface area contributed by atoms with Gasteiger partial charge in [-0.3, -0.25) is 9.59 Å². The summed E-state index contributed by atoms with van der Waals surface area (Å²) in [7, 11) is 0. The van der Waals surface area contributed by atoms with Crippen LogP contribution in [0.4, 0.5) is 0 Å². The van der Waals surface area contributed by atoms with E-state index in [1.54, 1.807) is 4.90 Å². The number of carbonyl (C=O) groups is 2. The fourth-order valence-corrected chi connectivity index (χ4v) is 4.39. The fraction of sp³-hybridized carbons (Fsp3) is 0.875. The molecule has 0 spiro atoms. The van der Waals surface area contributed by atoms with Gasteiger partial charge < -0.3 is 15.1 Å². The van der Waals surface area contributed by atoms with Crippen LogP contribution in [0.3, 0.4) is 0 Å². The molecule has 116 valence electrons. The summed E-state index contributed by atoms with van der Waals surface area (Å²) in [5.41, 5.74) is 0. The topological polar surface area (TPSA) is 52.7 Å². The van der Waals surface area contributed by atoms with E-state index in [-0.39, 0.29) is 11.8 Å². The summed E-state index contributed by atoms with van der Waals surface area (Å²) in [6, 6.07) is 1.75. The second kappa shape index (κ2) is 5.27. The van der Waals surface area contributed by atoms with E-state index < -0.39 is 0 Å². The molecule has 3 heterocycles. The second-order valence-electron chi connectivity index (χ2n) is 7.31. The van der Waals surface area contributed by atoms with E-state index in [9.17, 15) is 9.59 Å². The zero-order valence-electron chi connectivity index (χ0n) is 12.6. The quantitative estimate of drug-likeness (QED) is 0.834. The SMILES string of the molecule is O=C(CC1CC2CCC(C1)N2)N1CCN(C2CC2)C(=O)C1. The number of piperidine rings is 1. The van der Waals surface area contributed by atoms with Crippen molar-refractivity contribution in [3.8, 4) is 0 Å². The molecule has 1 saturated carbocycles. The highest BCUT2D eigenvalue weighted by Gasteiger charge is 2.38. The number of carbonyl (C=O) groups excluding carboxylic acids is 2. The number of fused-ring (bicyclic) bond motifs is 2. The largest absolute Gasteiger partial charge is 0.336 e. The van der Waals surface area contributed by atoms with Gasteiger partial charge in [-0.15, -0.1) is 0 Å². The van der Waals surface area contributed by atoms with E-state index in [0.717, 1.165) is 38.8 Å². The van der Waals surface area contributed by atoms with Crippen LogP contribution in [-0.2, 0) is 9.59 Å². The molecule has 2 atom stereocenters. The third-order valence-electron chi connectivity index (χ3n) is 5.63. The molecule has 1 N–H and O–H groups in total. The van der Waals surface area contributed by atoms with Crippen molar-refractivity contribution < 1.29 is 9.59 Å². The van der Waals surface area contributed by atoms with Crippen molar-refractivity contribution in [2.24, 2.45) is 5.92 Å². The normalized spacial score (nSPS) is 36.2. The Balaban J connectivity index is 1.30. The summed E-state index contributed by atoms with van der Waals surface area (Å²) in [4.78, 5) is 28.4. The van der Waals surface area contributed by atoms with Crippen LogP contribution in [0.25, 0.3) is 0 Å². The van der Waals surface area contributed by atoms with Gasteiger partial charge >= 0.3 is 0 Å². The third-order valence-corrected chi connectivity index (χ3v) is 5.63. The Kier molecular flexibility index (Phi) is 3.40. The van der Waals surface area contributed by atoms with Gasteiger partial charge in [-0.25, -0.2) is 0 Å².